The first kappa shape index (κ1) is 15.9. The largest absolute Gasteiger partial charge is 0.405 e. The van der Waals surface area contributed by atoms with Crippen LogP contribution in [0.15, 0.2) is 12.7 Å². The fourth-order valence-corrected chi connectivity index (χ4v) is 0.876. The van der Waals surface area contributed by atoms with Gasteiger partial charge in [0.25, 0.3) is 0 Å². The Balaban J connectivity index is 3.31. The van der Waals surface area contributed by atoms with E-state index in [-0.39, 0.29) is 6.54 Å². The molecule has 0 radical (unpaired) electrons. The Morgan fingerprint density at radius 1 is 1.35 bits per heavy atom. The summed E-state index contributed by atoms with van der Waals surface area (Å²) >= 11 is 0. The van der Waals surface area contributed by atoms with E-state index < -0.39 is 18.6 Å². The number of halogens is 3. The molecule has 0 aliphatic rings. The van der Waals surface area contributed by atoms with Crippen molar-refractivity contribution in [2.24, 2.45) is 0 Å². The van der Waals surface area contributed by atoms with Gasteiger partial charge in [-0.15, -0.1) is 6.58 Å². The third-order valence-electron chi connectivity index (χ3n) is 1.66. The summed E-state index contributed by atoms with van der Waals surface area (Å²) in [6, 6.07) is 0. The van der Waals surface area contributed by atoms with Crippen LogP contribution >= 0.6 is 0 Å². The Morgan fingerprint density at radius 2 is 2.06 bits per heavy atom. The minimum absolute atomic E-state index is 0.152. The Hall–Kier alpha value is -1.08. The summed E-state index contributed by atoms with van der Waals surface area (Å²) in [5, 5.41) is 4.42. The molecule has 4 nitrogen and oxygen atoms in total. The van der Waals surface area contributed by atoms with Crippen molar-refractivity contribution in [3.8, 4) is 0 Å². The van der Waals surface area contributed by atoms with E-state index in [0.29, 0.717) is 19.8 Å². The maximum atomic E-state index is 11.7. The highest BCUT2D eigenvalue weighted by molar-refractivity contribution is 5.77. The first-order chi connectivity index (χ1) is 7.95. The van der Waals surface area contributed by atoms with E-state index in [2.05, 4.69) is 11.9 Å². The molecule has 0 aromatic rings. The monoisotopic (exact) mass is 254 g/mol. The molecule has 1 amide bonds. The Bertz CT molecular complexity index is 232. The number of carbonyl (C=O) groups excluding carboxylic acids is 1. The fraction of sp³-hybridized carbons (Fsp3) is 0.700. The second-order valence-electron chi connectivity index (χ2n) is 3.26. The fourth-order valence-electron chi connectivity index (χ4n) is 0.876. The van der Waals surface area contributed by atoms with Crippen LogP contribution in [0.1, 0.15) is 6.42 Å². The molecule has 0 bridgehead atoms. The summed E-state index contributed by atoms with van der Waals surface area (Å²) in [5.41, 5.74) is 0. The lowest BCUT2D eigenvalue weighted by atomic mass is 10.4. The zero-order valence-corrected chi connectivity index (χ0v) is 9.48. The zero-order chi connectivity index (χ0) is 13.1. The van der Waals surface area contributed by atoms with Gasteiger partial charge in [-0.1, -0.05) is 6.08 Å². The van der Waals surface area contributed by atoms with Gasteiger partial charge in [-0.05, 0) is 6.42 Å². The summed E-state index contributed by atoms with van der Waals surface area (Å²) in [4.78, 5) is 10.9. The molecule has 2 N–H and O–H groups in total. The first-order valence-corrected chi connectivity index (χ1v) is 5.18. The second-order valence-corrected chi connectivity index (χ2v) is 3.26. The van der Waals surface area contributed by atoms with Crippen LogP contribution in [0.4, 0.5) is 13.2 Å². The number of hydrogen-bond acceptors (Lipinski definition) is 3. The molecule has 17 heavy (non-hydrogen) atoms. The number of amides is 1. The number of hydrogen-bond donors (Lipinski definition) is 2. The van der Waals surface area contributed by atoms with Crippen LogP contribution in [0.5, 0.6) is 0 Å². The van der Waals surface area contributed by atoms with E-state index in [1.807, 2.05) is 0 Å². The van der Waals surface area contributed by atoms with E-state index in [0.717, 1.165) is 6.42 Å². The molecule has 7 heteroatoms. The standard InChI is InChI=1S/C10H17F3N2O2/c1-2-3-5-17-6-4-14-7-9(16)15-8-10(11,12)13/h2,14H,1,3-8H2,(H,15,16). The third kappa shape index (κ3) is 12.9. The predicted octanol–water partition coefficient (Wildman–Crippen LogP) is 0.847. The van der Waals surface area contributed by atoms with Crippen molar-refractivity contribution in [1.82, 2.24) is 10.6 Å². The van der Waals surface area contributed by atoms with Gasteiger partial charge >= 0.3 is 6.18 Å². The first-order valence-electron chi connectivity index (χ1n) is 5.18. The molecule has 0 aliphatic carbocycles. The molecule has 0 aromatic heterocycles. The molecule has 0 saturated heterocycles. The number of alkyl halides is 3. The summed E-state index contributed by atoms with van der Waals surface area (Å²) < 4.78 is 40.3. The SMILES string of the molecule is C=CCCOCCNCC(=O)NCC(F)(F)F. The molecular formula is C10H17F3N2O2. The topological polar surface area (TPSA) is 50.4 Å². The Labute approximate surface area is 98.2 Å². The van der Waals surface area contributed by atoms with Crippen molar-refractivity contribution in [2.75, 3.05) is 32.8 Å². The lowest BCUT2D eigenvalue weighted by Gasteiger charge is -2.09. The third-order valence-corrected chi connectivity index (χ3v) is 1.66. The Morgan fingerprint density at radius 3 is 2.65 bits per heavy atom. The minimum Gasteiger partial charge on any atom is -0.380 e. The number of rotatable bonds is 9. The van der Waals surface area contributed by atoms with Gasteiger partial charge in [0, 0.05) is 6.54 Å². The summed E-state index contributed by atoms with van der Waals surface area (Å²) in [5.74, 6) is -0.687. The average molecular weight is 254 g/mol. The van der Waals surface area contributed by atoms with Crippen LogP contribution in [-0.2, 0) is 9.53 Å². The summed E-state index contributed by atoms with van der Waals surface area (Å²) in [6.45, 7) is 3.43. The van der Waals surface area contributed by atoms with Gasteiger partial charge < -0.3 is 15.4 Å². The molecule has 0 rings (SSSR count). The zero-order valence-electron chi connectivity index (χ0n) is 9.48. The van der Waals surface area contributed by atoms with Gasteiger partial charge in [-0.2, -0.15) is 13.2 Å². The number of carbonyl (C=O) groups is 1. The minimum atomic E-state index is -4.37. The normalized spacial score (nSPS) is 11.2. The summed E-state index contributed by atoms with van der Waals surface area (Å²) in [6.07, 6.45) is -1.91. The maximum Gasteiger partial charge on any atom is 0.405 e. The highest BCUT2D eigenvalue weighted by Gasteiger charge is 2.27. The van der Waals surface area contributed by atoms with Crippen LogP contribution in [0.25, 0.3) is 0 Å². The molecule has 100 valence electrons. The van der Waals surface area contributed by atoms with Crippen molar-refractivity contribution in [3.63, 3.8) is 0 Å². The smallest absolute Gasteiger partial charge is 0.380 e. The van der Waals surface area contributed by atoms with E-state index in [9.17, 15) is 18.0 Å². The van der Waals surface area contributed by atoms with Gasteiger partial charge in [0.1, 0.15) is 6.54 Å². The van der Waals surface area contributed by atoms with Crippen LogP contribution in [0.2, 0.25) is 0 Å². The van der Waals surface area contributed by atoms with Crippen molar-refractivity contribution in [2.45, 2.75) is 12.6 Å². The molecule has 0 fully saturated rings. The Kier molecular flexibility index (Phi) is 8.43. The maximum absolute atomic E-state index is 11.7. The van der Waals surface area contributed by atoms with Gasteiger partial charge in [0.2, 0.25) is 5.91 Å². The quantitative estimate of drug-likeness (QED) is 0.473. The second kappa shape index (κ2) is 9.00. The van der Waals surface area contributed by atoms with E-state index in [4.69, 9.17) is 4.74 Å². The predicted molar refractivity (Wildman–Crippen MR) is 57.6 cm³/mol. The highest BCUT2D eigenvalue weighted by atomic mass is 19.4. The molecule has 0 spiro atoms. The van der Waals surface area contributed by atoms with Crippen LogP contribution < -0.4 is 10.6 Å². The lowest BCUT2D eigenvalue weighted by Crippen LogP contribution is -2.39. The van der Waals surface area contributed by atoms with Crippen molar-refractivity contribution >= 4 is 5.91 Å². The van der Waals surface area contributed by atoms with Crippen molar-refractivity contribution in [3.05, 3.63) is 12.7 Å². The van der Waals surface area contributed by atoms with Crippen molar-refractivity contribution < 1.29 is 22.7 Å². The molecule has 0 aliphatic heterocycles. The molecule has 0 unspecified atom stereocenters. The molecule has 0 saturated carbocycles. The number of nitrogens with one attached hydrogen (secondary N) is 2. The number of ether oxygens (including phenoxy) is 1. The molecule has 0 atom stereocenters. The highest BCUT2D eigenvalue weighted by Crippen LogP contribution is 2.11. The van der Waals surface area contributed by atoms with E-state index >= 15 is 0 Å². The van der Waals surface area contributed by atoms with Crippen LogP contribution in [0.3, 0.4) is 0 Å². The molecule has 0 heterocycles. The lowest BCUT2D eigenvalue weighted by molar-refractivity contribution is -0.137. The van der Waals surface area contributed by atoms with E-state index in [1.165, 1.54) is 0 Å². The van der Waals surface area contributed by atoms with E-state index in [1.54, 1.807) is 11.4 Å². The van der Waals surface area contributed by atoms with Gasteiger partial charge in [-0.3, -0.25) is 4.79 Å². The molecular weight excluding hydrogens is 237 g/mol. The average Bonchev–Trinajstić information content (AvgIpc) is 2.24. The van der Waals surface area contributed by atoms with Crippen LogP contribution in [0, 0.1) is 0 Å². The van der Waals surface area contributed by atoms with Crippen LogP contribution in [-0.4, -0.2) is 44.9 Å². The van der Waals surface area contributed by atoms with Gasteiger partial charge in [0.15, 0.2) is 0 Å². The van der Waals surface area contributed by atoms with Gasteiger partial charge in [0.05, 0.1) is 19.8 Å². The van der Waals surface area contributed by atoms with Gasteiger partial charge in [-0.25, -0.2) is 0 Å². The summed E-state index contributed by atoms with van der Waals surface area (Å²) in [7, 11) is 0. The molecule has 0 aromatic carbocycles. The van der Waals surface area contributed by atoms with Crippen molar-refractivity contribution in [1.29, 1.82) is 0 Å².